The molecule has 1 heterocycles. The molecule has 3 aromatic rings. The van der Waals surface area contributed by atoms with Gasteiger partial charge in [-0.15, -0.1) is 6.42 Å². The number of anilines is 1. The van der Waals surface area contributed by atoms with Crippen LogP contribution in [-0.4, -0.2) is 29.9 Å². The van der Waals surface area contributed by atoms with Crippen LogP contribution >= 0.6 is 0 Å². The molecule has 0 unspecified atom stereocenters. The number of rotatable bonds is 8. The average Bonchev–Trinajstić information content (AvgIpc) is 3.24. The van der Waals surface area contributed by atoms with Gasteiger partial charge in [0, 0.05) is 25.0 Å². The molecule has 0 radical (unpaired) electrons. The van der Waals surface area contributed by atoms with Crippen molar-refractivity contribution in [2.75, 3.05) is 12.4 Å². The quantitative estimate of drug-likeness (QED) is 0.230. The number of nitrogens with one attached hydrogen (secondary N) is 1. The van der Waals surface area contributed by atoms with Crippen molar-refractivity contribution < 1.29 is 20.1 Å². The molecule has 0 spiro atoms. The zero-order valence-electron chi connectivity index (χ0n) is 22.2. The molecular weight excluding hydrogens is 503 g/mol. The van der Waals surface area contributed by atoms with Gasteiger partial charge in [-0.1, -0.05) is 90.6 Å². The molecular formula is C34H43FN2O3. The Morgan fingerprint density at radius 2 is 1.73 bits per heavy atom. The third-order valence-electron chi connectivity index (χ3n) is 6.57. The highest BCUT2D eigenvalue weighted by Gasteiger charge is 2.45. The summed E-state index contributed by atoms with van der Waals surface area (Å²) >= 11 is 0. The zero-order valence-corrected chi connectivity index (χ0v) is 22.2. The summed E-state index contributed by atoms with van der Waals surface area (Å²) in [6.45, 7) is 10.1. The minimum atomic E-state index is -0.748. The molecule has 40 heavy (non-hydrogen) atoms. The van der Waals surface area contributed by atoms with E-state index >= 15 is 0 Å². The van der Waals surface area contributed by atoms with Crippen molar-refractivity contribution in [3.05, 3.63) is 108 Å². The average molecular weight is 547 g/mol. The normalized spacial score (nSPS) is 15.3. The van der Waals surface area contributed by atoms with E-state index in [1.165, 1.54) is 17.0 Å². The van der Waals surface area contributed by atoms with Gasteiger partial charge in [0.15, 0.2) is 0 Å². The molecule has 2 amide bonds. The van der Waals surface area contributed by atoms with E-state index in [1.54, 1.807) is 37.4 Å². The second-order valence-electron chi connectivity index (χ2n) is 8.77. The highest BCUT2D eigenvalue weighted by molar-refractivity contribution is 6.07. The first kappa shape index (κ1) is 33.7. The van der Waals surface area contributed by atoms with Crippen LogP contribution in [0.5, 0.6) is 5.75 Å². The molecule has 1 aliphatic rings. The second kappa shape index (κ2) is 15.3. The number of likely N-dealkylation sites (tertiary alicyclic amines) is 1. The van der Waals surface area contributed by atoms with Gasteiger partial charge in [-0.05, 0) is 41.5 Å². The summed E-state index contributed by atoms with van der Waals surface area (Å²) in [7, 11) is 1.57. The molecule has 4 rings (SSSR count). The lowest BCUT2D eigenvalue weighted by molar-refractivity contribution is -0.141. The van der Waals surface area contributed by atoms with Crippen LogP contribution in [0.3, 0.4) is 0 Å². The van der Waals surface area contributed by atoms with Gasteiger partial charge in [-0.25, -0.2) is 4.39 Å². The van der Waals surface area contributed by atoms with E-state index < -0.39 is 17.8 Å². The van der Waals surface area contributed by atoms with Crippen molar-refractivity contribution in [3.63, 3.8) is 0 Å². The number of hydrogen-bond donors (Lipinski definition) is 1. The summed E-state index contributed by atoms with van der Waals surface area (Å²) < 4.78 is 19.9. The van der Waals surface area contributed by atoms with E-state index in [-0.39, 0.29) is 46.1 Å². The predicted molar refractivity (Wildman–Crippen MR) is 165 cm³/mol. The van der Waals surface area contributed by atoms with Gasteiger partial charge in [-0.2, -0.15) is 0 Å². The van der Waals surface area contributed by atoms with Crippen LogP contribution in [0.15, 0.2) is 85.1 Å². The van der Waals surface area contributed by atoms with E-state index in [1.807, 2.05) is 51.1 Å². The molecule has 0 aromatic heterocycles. The van der Waals surface area contributed by atoms with Crippen LogP contribution in [-0.2, 0) is 9.59 Å². The Hall–Kier alpha value is -4.37. The SMILES string of the molecule is C.C.C#Cc1ccc(NC(=C)[C@H]([C@@H](C)c2ccccc2)N2C(=O)C[C@H](c3ccc(OC)cc3)C2=O)c(F)c1.CC.[HH]. The molecule has 1 N–H and O–H groups in total. The highest BCUT2D eigenvalue weighted by atomic mass is 19.1. The molecule has 1 saturated heterocycles. The fourth-order valence-corrected chi connectivity index (χ4v) is 4.61. The maximum atomic E-state index is 14.7. The Labute approximate surface area is 240 Å². The third kappa shape index (κ3) is 7.18. The van der Waals surface area contributed by atoms with Crippen molar-refractivity contribution in [1.29, 1.82) is 0 Å². The highest BCUT2D eigenvalue weighted by Crippen LogP contribution is 2.37. The maximum Gasteiger partial charge on any atom is 0.237 e. The van der Waals surface area contributed by atoms with Crippen molar-refractivity contribution >= 4 is 17.5 Å². The van der Waals surface area contributed by atoms with Crippen LogP contribution in [0.25, 0.3) is 0 Å². The number of terminal acetylenes is 1. The van der Waals surface area contributed by atoms with Crippen molar-refractivity contribution in [2.24, 2.45) is 0 Å². The van der Waals surface area contributed by atoms with E-state index in [0.717, 1.165) is 11.1 Å². The van der Waals surface area contributed by atoms with Crippen LogP contribution in [0.1, 0.15) is 72.0 Å². The standard InChI is InChI=1S/C30H27FN2O3.C2H6.2CH4.H2/c1-5-21-11-16-27(26(31)17-21)32-20(3)29(19(2)22-9-7-6-8-10-22)33-28(34)18-25(30(33)35)23-12-14-24(36-4)15-13-23;1-2;;;/h1,6-17,19,25,29,32H,3,18H2,2,4H3;1-2H3;2*1H4;1H/t19-,25+,29-;;;;/m0..../s1. The van der Waals surface area contributed by atoms with Crippen LogP contribution in [0, 0.1) is 18.2 Å². The van der Waals surface area contributed by atoms with Gasteiger partial charge in [0.25, 0.3) is 0 Å². The van der Waals surface area contributed by atoms with Crippen molar-refractivity contribution in [3.8, 4) is 18.1 Å². The lowest BCUT2D eigenvalue weighted by Gasteiger charge is -2.34. The van der Waals surface area contributed by atoms with Crippen molar-refractivity contribution in [1.82, 2.24) is 4.90 Å². The number of carbonyl (C=O) groups is 2. The number of hydrogen-bond acceptors (Lipinski definition) is 4. The lowest BCUT2D eigenvalue weighted by atomic mass is 9.90. The first-order valence-corrected chi connectivity index (χ1v) is 12.6. The Morgan fingerprint density at radius 1 is 1.10 bits per heavy atom. The molecule has 1 aliphatic heterocycles. The molecule has 214 valence electrons. The Morgan fingerprint density at radius 3 is 2.27 bits per heavy atom. The van der Waals surface area contributed by atoms with Gasteiger partial charge in [0.05, 0.1) is 24.8 Å². The third-order valence-corrected chi connectivity index (χ3v) is 6.57. The van der Waals surface area contributed by atoms with Gasteiger partial charge in [0.1, 0.15) is 11.6 Å². The van der Waals surface area contributed by atoms with E-state index in [9.17, 15) is 14.0 Å². The van der Waals surface area contributed by atoms with Crippen LogP contribution in [0.4, 0.5) is 10.1 Å². The van der Waals surface area contributed by atoms with Gasteiger partial charge in [0.2, 0.25) is 11.8 Å². The Kier molecular flexibility index (Phi) is 12.9. The first-order valence-electron chi connectivity index (χ1n) is 12.6. The number of methoxy groups -OCH3 is 1. The number of halogens is 1. The van der Waals surface area contributed by atoms with E-state index in [4.69, 9.17) is 11.2 Å². The Balaban J connectivity index is 0.00000313. The zero-order chi connectivity index (χ0) is 27.8. The second-order valence-corrected chi connectivity index (χ2v) is 8.77. The number of nitrogens with zero attached hydrogens (tertiary/aromatic N) is 1. The van der Waals surface area contributed by atoms with Gasteiger partial charge in [-0.3, -0.25) is 14.5 Å². The summed E-state index contributed by atoms with van der Waals surface area (Å²) in [6.07, 6.45) is 5.41. The molecule has 0 aliphatic carbocycles. The minimum Gasteiger partial charge on any atom is -0.497 e. The van der Waals surface area contributed by atoms with Crippen LogP contribution < -0.4 is 10.1 Å². The summed E-state index contributed by atoms with van der Waals surface area (Å²) in [5.41, 5.74) is 2.55. The number of imide groups is 1. The van der Waals surface area contributed by atoms with E-state index in [0.29, 0.717) is 17.0 Å². The molecule has 1 fully saturated rings. The minimum absolute atomic E-state index is 0. The monoisotopic (exact) mass is 546 g/mol. The van der Waals surface area contributed by atoms with Gasteiger partial charge < -0.3 is 10.1 Å². The molecule has 5 nitrogen and oxygen atoms in total. The summed E-state index contributed by atoms with van der Waals surface area (Å²) in [6, 6.07) is 20.3. The molecule has 3 aromatic carbocycles. The smallest absolute Gasteiger partial charge is 0.237 e. The van der Waals surface area contributed by atoms with E-state index in [2.05, 4.69) is 17.8 Å². The first-order chi connectivity index (χ1) is 18.3. The fourth-order valence-electron chi connectivity index (χ4n) is 4.61. The fraction of sp³-hybridized carbons (Fsp3) is 0.294. The summed E-state index contributed by atoms with van der Waals surface area (Å²) in [5, 5.41) is 3.00. The number of amides is 2. The predicted octanol–water partition coefficient (Wildman–Crippen LogP) is 8.00. The number of ether oxygens (including phenoxy) is 1. The molecule has 6 heteroatoms. The largest absolute Gasteiger partial charge is 0.497 e. The van der Waals surface area contributed by atoms with Crippen LogP contribution in [0.2, 0.25) is 0 Å². The number of carbonyl (C=O) groups excluding carboxylic acids is 2. The molecule has 0 saturated carbocycles. The summed E-state index contributed by atoms with van der Waals surface area (Å²) in [5.74, 6) is 0.973. The molecule has 0 bridgehead atoms. The molecule has 3 atom stereocenters. The van der Waals surface area contributed by atoms with Crippen molar-refractivity contribution in [2.45, 2.75) is 59.9 Å². The Bertz CT molecular complexity index is 1340. The maximum absolute atomic E-state index is 14.7. The summed E-state index contributed by atoms with van der Waals surface area (Å²) in [4.78, 5) is 28.2. The lowest BCUT2D eigenvalue weighted by Crippen LogP contribution is -2.45. The number of benzene rings is 3. The van der Waals surface area contributed by atoms with Gasteiger partial charge >= 0.3 is 0 Å². The topological polar surface area (TPSA) is 58.6 Å².